The van der Waals surface area contributed by atoms with Crippen molar-refractivity contribution in [2.45, 2.75) is 32.4 Å². The van der Waals surface area contributed by atoms with E-state index in [2.05, 4.69) is 5.32 Å². The number of benzene rings is 1. The fraction of sp³-hybridized carbons (Fsp3) is 0.500. The number of hydrogen-bond acceptors (Lipinski definition) is 1. The summed E-state index contributed by atoms with van der Waals surface area (Å²) in [5.74, 6) is -0.635. The Hall–Kier alpha value is -0.670. The number of nitrogens with one attached hydrogen (secondary N) is 1. The van der Waals surface area contributed by atoms with Crippen LogP contribution in [0.15, 0.2) is 18.2 Å². The van der Waals surface area contributed by atoms with Crippen LogP contribution in [0.2, 0.25) is 0 Å². The van der Waals surface area contributed by atoms with E-state index >= 15 is 0 Å². The molecule has 0 saturated heterocycles. The molecule has 0 bridgehead atoms. The molecule has 1 aromatic rings. The van der Waals surface area contributed by atoms with Gasteiger partial charge < -0.3 is 5.32 Å². The average molecular weight is 248 g/mol. The third-order valence-electron chi connectivity index (χ3n) is 2.80. The zero-order valence-electron chi connectivity index (χ0n) is 9.49. The van der Waals surface area contributed by atoms with Crippen molar-refractivity contribution < 1.29 is 8.78 Å². The lowest BCUT2D eigenvalue weighted by Crippen LogP contribution is -2.43. The highest BCUT2D eigenvalue weighted by Gasteiger charge is 2.20. The summed E-state index contributed by atoms with van der Waals surface area (Å²) in [5, 5.41) is 3.18. The molecule has 0 heterocycles. The molecule has 90 valence electrons. The molecule has 1 rings (SSSR count). The molecule has 0 fully saturated rings. The summed E-state index contributed by atoms with van der Waals surface area (Å²) in [4.78, 5) is 0. The lowest BCUT2D eigenvalue weighted by molar-refractivity contribution is 0.375. The van der Waals surface area contributed by atoms with E-state index < -0.39 is 11.6 Å². The van der Waals surface area contributed by atoms with Crippen LogP contribution in [0.5, 0.6) is 0 Å². The van der Waals surface area contributed by atoms with Crippen molar-refractivity contribution in [3.8, 4) is 0 Å². The van der Waals surface area contributed by atoms with Crippen molar-refractivity contribution in [3.63, 3.8) is 0 Å². The predicted octanol–water partition coefficient (Wildman–Crippen LogP) is 3.46. The molecule has 0 spiro atoms. The van der Waals surface area contributed by atoms with Crippen molar-refractivity contribution in [2.24, 2.45) is 0 Å². The largest absolute Gasteiger partial charge is 0.306 e. The minimum atomic E-state index is -0.558. The molecule has 1 N–H and O–H groups in total. The molecule has 0 saturated carbocycles. The summed E-state index contributed by atoms with van der Waals surface area (Å²) in [7, 11) is 0. The fourth-order valence-electron chi connectivity index (χ4n) is 1.24. The molecule has 0 aliphatic rings. The van der Waals surface area contributed by atoms with Crippen molar-refractivity contribution >= 4 is 11.6 Å². The van der Waals surface area contributed by atoms with Gasteiger partial charge in [-0.15, -0.1) is 11.6 Å². The van der Waals surface area contributed by atoms with Crippen LogP contribution >= 0.6 is 11.6 Å². The predicted molar refractivity (Wildman–Crippen MR) is 62.6 cm³/mol. The first-order valence-electron chi connectivity index (χ1n) is 5.25. The van der Waals surface area contributed by atoms with Crippen LogP contribution in [-0.4, -0.2) is 11.4 Å². The van der Waals surface area contributed by atoms with E-state index in [1.807, 2.05) is 13.8 Å². The van der Waals surface area contributed by atoms with Crippen LogP contribution in [0.25, 0.3) is 0 Å². The van der Waals surface area contributed by atoms with E-state index in [4.69, 9.17) is 11.6 Å². The Labute approximate surface area is 99.8 Å². The maximum Gasteiger partial charge on any atom is 0.130 e. The lowest BCUT2D eigenvalue weighted by atomic mass is 10.0. The first-order chi connectivity index (χ1) is 7.50. The molecule has 0 aliphatic heterocycles. The standard InChI is InChI=1S/C12H16ClF2N/c1-3-12(2,8-13)16-7-9-4-5-10(14)6-11(9)15/h4-6,16H,3,7-8H2,1-2H3. The van der Waals surface area contributed by atoms with Gasteiger partial charge in [0.2, 0.25) is 0 Å². The number of halogens is 3. The summed E-state index contributed by atoms with van der Waals surface area (Å²) in [5.41, 5.74) is 0.230. The van der Waals surface area contributed by atoms with E-state index in [9.17, 15) is 8.78 Å². The summed E-state index contributed by atoms with van der Waals surface area (Å²) in [6, 6.07) is 3.59. The third-order valence-corrected chi connectivity index (χ3v) is 3.39. The first-order valence-corrected chi connectivity index (χ1v) is 5.79. The van der Waals surface area contributed by atoms with Crippen LogP contribution in [0.4, 0.5) is 8.78 Å². The Balaban J connectivity index is 2.67. The Morgan fingerprint density at radius 2 is 2.06 bits per heavy atom. The van der Waals surface area contributed by atoms with E-state index in [-0.39, 0.29) is 5.54 Å². The van der Waals surface area contributed by atoms with Gasteiger partial charge in [-0.1, -0.05) is 13.0 Å². The second-order valence-corrected chi connectivity index (χ2v) is 4.40. The fourth-order valence-corrected chi connectivity index (χ4v) is 1.52. The van der Waals surface area contributed by atoms with E-state index in [0.717, 1.165) is 12.5 Å². The second kappa shape index (κ2) is 5.60. The van der Waals surface area contributed by atoms with Crippen molar-refractivity contribution in [1.82, 2.24) is 5.32 Å². The molecular weight excluding hydrogens is 232 g/mol. The van der Waals surface area contributed by atoms with Gasteiger partial charge in [0.1, 0.15) is 11.6 Å². The third kappa shape index (κ3) is 3.42. The molecule has 0 aromatic heterocycles. The normalized spacial score (nSPS) is 14.8. The first kappa shape index (κ1) is 13.4. The van der Waals surface area contributed by atoms with Gasteiger partial charge in [0.05, 0.1) is 0 Å². The topological polar surface area (TPSA) is 12.0 Å². The quantitative estimate of drug-likeness (QED) is 0.786. The monoisotopic (exact) mass is 247 g/mol. The van der Waals surface area contributed by atoms with Gasteiger partial charge in [-0.3, -0.25) is 0 Å². The zero-order chi connectivity index (χ0) is 12.2. The Bertz CT molecular complexity index is 351. The zero-order valence-corrected chi connectivity index (χ0v) is 10.2. The maximum atomic E-state index is 13.3. The average Bonchev–Trinajstić information content (AvgIpc) is 2.27. The molecule has 1 atom stereocenters. The van der Waals surface area contributed by atoms with E-state index in [1.165, 1.54) is 12.1 Å². The van der Waals surface area contributed by atoms with Gasteiger partial charge in [0, 0.05) is 29.6 Å². The molecule has 1 nitrogen and oxygen atoms in total. The molecule has 0 amide bonds. The number of rotatable bonds is 5. The van der Waals surface area contributed by atoms with Crippen LogP contribution < -0.4 is 5.32 Å². The van der Waals surface area contributed by atoms with E-state index in [1.54, 1.807) is 0 Å². The summed E-state index contributed by atoms with van der Waals surface area (Å²) >= 11 is 5.82. The molecule has 1 aromatic carbocycles. The van der Waals surface area contributed by atoms with Crippen LogP contribution in [0, 0.1) is 11.6 Å². The SMILES string of the molecule is CCC(C)(CCl)NCc1ccc(F)cc1F. The van der Waals surface area contributed by atoms with Crippen molar-refractivity contribution in [3.05, 3.63) is 35.4 Å². The lowest BCUT2D eigenvalue weighted by Gasteiger charge is -2.27. The van der Waals surface area contributed by atoms with Crippen molar-refractivity contribution in [1.29, 1.82) is 0 Å². The van der Waals surface area contributed by atoms with Crippen molar-refractivity contribution in [2.75, 3.05) is 5.88 Å². The number of alkyl halides is 1. The van der Waals surface area contributed by atoms with Gasteiger partial charge in [0.15, 0.2) is 0 Å². The number of hydrogen-bond donors (Lipinski definition) is 1. The Morgan fingerprint density at radius 3 is 2.56 bits per heavy atom. The Kier molecular flexibility index (Phi) is 4.69. The van der Waals surface area contributed by atoms with Crippen LogP contribution in [0.1, 0.15) is 25.8 Å². The summed E-state index contributed by atoms with van der Waals surface area (Å²) in [6.45, 7) is 4.33. The molecule has 0 radical (unpaired) electrons. The van der Waals surface area contributed by atoms with E-state index in [0.29, 0.717) is 18.0 Å². The smallest absolute Gasteiger partial charge is 0.130 e. The van der Waals surface area contributed by atoms with Gasteiger partial charge in [-0.05, 0) is 19.4 Å². The second-order valence-electron chi connectivity index (χ2n) is 4.14. The summed E-state index contributed by atoms with van der Waals surface area (Å²) in [6.07, 6.45) is 0.847. The minimum absolute atomic E-state index is 0.220. The highest BCUT2D eigenvalue weighted by Crippen LogP contribution is 2.14. The highest BCUT2D eigenvalue weighted by molar-refractivity contribution is 6.18. The molecule has 16 heavy (non-hydrogen) atoms. The molecule has 1 unspecified atom stereocenters. The van der Waals surface area contributed by atoms with Gasteiger partial charge in [0.25, 0.3) is 0 Å². The molecule has 0 aliphatic carbocycles. The van der Waals surface area contributed by atoms with Gasteiger partial charge in [-0.2, -0.15) is 0 Å². The molecule has 4 heteroatoms. The summed E-state index contributed by atoms with van der Waals surface area (Å²) < 4.78 is 26.0. The molecular formula is C12H16ClF2N. The van der Waals surface area contributed by atoms with Gasteiger partial charge >= 0.3 is 0 Å². The van der Waals surface area contributed by atoms with Crippen LogP contribution in [-0.2, 0) is 6.54 Å². The Morgan fingerprint density at radius 1 is 1.38 bits per heavy atom. The van der Waals surface area contributed by atoms with Gasteiger partial charge in [-0.25, -0.2) is 8.78 Å². The minimum Gasteiger partial charge on any atom is -0.306 e. The maximum absolute atomic E-state index is 13.3. The van der Waals surface area contributed by atoms with Crippen LogP contribution in [0.3, 0.4) is 0 Å². The highest BCUT2D eigenvalue weighted by atomic mass is 35.5.